The Morgan fingerprint density at radius 2 is 1.62 bits per heavy atom. The molecule has 3 heterocycles. The average molecular weight is 296 g/mol. The van der Waals surface area contributed by atoms with Crippen molar-refractivity contribution >= 4 is 12.0 Å². The van der Waals surface area contributed by atoms with Crippen LogP contribution in [0.3, 0.4) is 0 Å². The van der Waals surface area contributed by atoms with Crippen LogP contribution >= 0.6 is 0 Å². The minimum Gasteiger partial charge on any atom is -0.481 e. The fraction of sp³-hybridized carbons (Fsp3) is 0.867. The Balaban J connectivity index is 1.45. The monoisotopic (exact) mass is 296 g/mol. The van der Waals surface area contributed by atoms with Crippen molar-refractivity contribution in [2.75, 3.05) is 26.2 Å². The third-order valence-electron chi connectivity index (χ3n) is 4.97. The molecular weight excluding hydrogens is 272 g/mol. The van der Waals surface area contributed by atoms with E-state index in [2.05, 4.69) is 0 Å². The molecule has 0 spiro atoms. The zero-order valence-corrected chi connectivity index (χ0v) is 12.4. The molecule has 1 N–H and O–H groups in total. The van der Waals surface area contributed by atoms with E-state index in [1.165, 1.54) is 0 Å². The Morgan fingerprint density at radius 3 is 2.19 bits per heavy atom. The number of fused-ring (bicyclic) bond motifs is 2. The molecule has 0 aromatic carbocycles. The normalized spacial score (nSPS) is 29.7. The molecule has 6 nitrogen and oxygen atoms in total. The predicted molar refractivity (Wildman–Crippen MR) is 76.0 cm³/mol. The van der Waals surface area contributed by atoms with E-state index in [9.17, 15) is 9.59 Å². The summed E-state index contributed by atoms with van der Waals surface area (Å²) in [4.78, 5) is 27.0. The summed E-state index contributed by atoms with van der Waals surface area (Å²) in [5, 5.41) is 8.73. The summed E-state index contributed by atoms with van der Waals surface area (Å²) in [6.07, 6.45) is 5.45. The molecule has 3 aliphatic rings. The Morgan fingerprint density at radius 1 is 1.00 bits per heavy atom. The lowest BCUT2D eigenvalue weighted by Gasteiger charge is -2.39. The van der Waals surface area contributed by atoms with Crippen molar-refractivity contribution in [2.45, 2.75) is 50.7 Å². The number of carboxylic acids is 1. The van der Waals surface area contributed by atoms with Gasteiger partial charge in [0.25, 0.3) is 0 Å². The molecule has 0 aliphatic carbocycles. The van der Waals surface area contributed by atoms with Gasteiger partial charge in [0, 0.05) is 32.6 Å². The first-order valence-electron chi connectivity index (χ1n) is 8.03. The maximum atomic E-state index is 12.5. The number of likely N-dealkylation sites (tertiary alicyclic amines) is 2. The number of hydrogen-bond acceptors (Lipinski definition) is 3. The Kier molecular flexibility index (Phi) is 4.33. The van der Waals surface area contributed by atoms with E-state index in [1.54, 1.807) is 0 Å². The van der Waals surface area contributed by atoms with E-state index in [0.29, 0.717) is 5.92 Å². The lowest BCUT2D eigenvalue weighted by Crippen LogP contribution is -2.52. The molecule has 0 saturated carbocycles. The first kappa shape index (κ1) is 14.6. The fourth-order valence-corrected chi connectivity index (χ4v) is 3.71. The molecule has 0 aromatic heterocycles. The van der Waals surface area contributed by atoms with Crippen LogP contribution in [0.5, 0.6) is 0 Å². The highest BCUT2D eigenvalue weighted by molar-refractivity contribution is 5.74. The van der Waals surface area contributed by atoms with Crippen molar-refractivity contribution in [1.82, 2.24) is 9.80 Å². The summed E-state index contributed by atoms with van der Waals surface area (Å²) < 4.78 is 5.77. The SMILES string of the molecule is O=C(O)CCC1CCN(C(=O)N2CC3CCC(C2)O3)CC1. The highest BCUT2D eigenvalue weighted by Gasteiger charge is 2.37. The number of morpholine rings is 1. The van der Waals surface area contributed by atoms with E-state index in [-0.39, 0.29) is 24.7 Å². The third-order valence-corrected chi connectivity index (χ3v) is 4.97. The largest absolute Gasteiger partial charge is 0.481 e. The number of carbonyl (C=O) groups excluding carboxylic acids is 1. The third kappa shape index (κ3) is 3.48. The number of rotatable bonds is 3. The van der Waals surface area contributed by atoms with Crippen LogP contribution < -0.4 is 0 Å². The van der Waals surface area contributed by atoms with Crippen molar-refractivity contribution in [1.29, 1.82) is 0 Å². The number of amides is 2. The number of aliphatic carboxylic acids is 1. The molecule has 6 heteroatoms. The molecule has 2 unspecified atom stereocenters. The minimum atomic E-state index is -0.725. The van der Waals surface area contributed by atoms with E-state index >= 15 is 0 Å². The number of urea groups is 1. The second-order valence-corrected chi connectivity index (χ2v) is 6.51. The molecule has 3 aliphatic heterocycles. The maximum Gasteiger partial charge on any atom is 0.320 e. The van der Waals surface area contributed by atoms with E-state index in [4.69, 9.17) is 9.84 Å². The van der Waals surface area contributed by atoms with Crippen LogP contribution in [0.2, 0.25) is 0 Å². The minimum absolute atomic E-state index is 0.145. The van der Waals surface area contributed by atoms with Crippen LogP contribution in [-0.4, -0.2) is 65.3 Å². The van der Waals surface area contributed by atoms with E-state index in [0.717, 1.165) is 58.3 Å². The molecule has 2 amide bonds. The topological polar surface area (TPSA) is 70.1 Å². The predicted octanol–water partition coefficient (Wildman–Crippen LogP) is 1.55. The Labute approximate surface area is 125 Å². The maximum absolute atomic E-state index is 12.5. The summed E-state index contributed by atoms with van der Waals surface area (Å²) >= 11 is 0. The molecule has 3 rings (SSSR count). The van der Waals surface area contributed by atoms with Crippen molar-refractivity contribution in [2.24, 2.45) is 5.92 Å². The van der Waals surface area contributed by atoms with Gasteiger partial charge in [-0.05, 0) is 38.0 Å². The van der Waals surface area contributed by atoms with Gasteiger partial charge < -0.3 is 19.6 Å². The van der Waals surface area contributed by atoms with Gasteiger partial charge in [-0.1, -0.05) is 0 Å². The molecule has 0 aromatic rings. The molecular formula is C15H24N2O4. The number of nitrogens with zero attached hydrogens (tertiary/aromatic N) is 2. The van der Waals surface area contributed by atoms with Gasteiger partial charge in [-0.3, -0.25) is 4.79 Å². The van der Waals surface area contributed by atoms with Crippen LogP contribution in [0, 0.1) is 5.92 Å². The number of ether oxygens (including phenoxy) is 1. The van der Waals surface area contributed by atoms with Gasteiger partial charge in [0.05, 0.1) is 12.2 Å². The van der Waals surface area contributed by atoms with E-state index in [1.807, 2.05) is 9.80 Å². The first-order valence-corrected chi connectivity index (χ1v) is 8.03. The van der Waals surface area contributed by atoms with Gasteiger partial charge in [0.1, 0.15) is 0 Å². The van der Waals surface area contributed by atoms with Crippen LogP contribution in [-0.2, 0) is 9.53 Å². The zero-order chi connectivity index (χ0) is 14.8. The van der Waals surface area contributed by atoms with E-state index < -0.39 is 5.97 Å². The highest BCUT2D eigenvalue weighted by Crippen LogP contribution is 2.28. The molecule has 2 atom stereocenters. The lowest BCUT2D eigenvalue weighted by molar-refractivity contribution is -0.137. The van der Waals surface area contributed by atoms with Crippen LogP contribution in [0.25, 0.3) is 0 Å². The van der Waals surface area contributed by atoms with Crippen molar-refractivity contribution in [3.63, 3.8) is 0 Å². The van der Waals surface area contributed by atoms with Gasteiger partial charge in [-0.25, -0.2) is 4.79 Å². The number of hydrogen-bond donors (Lipinski definition) is 1. The van der Waals surface area contributed by atoms with Crippen LogP contribution in [0.1, 0.15) is 38.5 Å². The molecule has 21 heavy (non-hydrogen) atoms. The first-order chi connectivity index (χ1) is 10.1. The molecule has 118 valence electrons. The lowest BCUT2D eigenvalue weighted by atomic mass is 9.92. The second kappa shape index (κ2) is 6.22. The standard InChI is InChI=1S/C15H24N2O4/c18-14(19)4-1-11-5-7-16(8-6-11)15(20)17-9-12-2-3-13(10-17)21-12/h11-13H,1-10H2,(H,18,19). The Bertz CT molecular complexity index is 394. The average Bonchev–Trinajstić information content (AvgIpc) is 2.83. The number of carboxylic acid groups (broad SMARTS) is 1. The Hall–Kier alpha value is -1.30. The van der Waals surface area contributed by atoms with Gasteiger partial charge >= 0.3 is 12.0 Å². The quantitative estimate of drug-likeness (QED) is 0.858. The highest BCUT2D eigenvalue weighted by atomic mass is 16.5. The summed E-state index contributed by atoms with van der Waals surface area (Å²) in [7, 11) is 0. The number of carbonyl (C=O) groups is 2. The van der Waals surface area contributed by atoms with Crippen LogP contribution in [0.4, 0.5) is 4.79 Å². The van der Waals surface area contributed by atoms with Gasteiger partial charge in [0.15, 0.2) is 0 Å². The fourth-order valence-electron chi connectivity index (χ4n) is 3.71. The number of piperidine rings is 1. The van der Waals surface area contributed by atoms with Crippen molar-refractivity contribution < 1.29 is 19.4 Å². The molecule has 0 radical (unpaired) electrons. The van der Waals surface area contributed by atoms with Crippen LogP contribution in [0.15, 0.2) is 0 Å². The van der Waals surface area contributed by atoms with Crippen molar-refractivity contribution in [3.8, 4) is 0 Å². The molecule has 3 fully saturated rings. The summed E-state index contributed by atoms with van der Waals surface area (Å²) in [6, 6.07) is 0.145. The summed E-state index contributed by atoms with van der Waals surface area (Å²) in [6.45, 7) is 2.98. The molecule has 2 bridgehead atoms. The van der Waals surface area contributed by atoms with Crippen molar-refractivity contribution in [3.05, 3.63) is 0 Å². The molecule has 3 saturated heterocycles. The zero-order valence-electron chi connectivity index (χ0n) is 12.4. The van der Waals surface area contributed by atoms with Gasteiger partial charge in [-0.2, -0.15) is 0 Å². The smallest absolute Gasteiger partial charge is 0.320 e. The summed E-state index contributed by atoms with van der Waals surface area (Å²) in [5.74, 6) is -0.275. The van der Waals surface area contributed by atoms with Gasteiger partial charge in [-0.15, -0.1) is 0 Å². The van der Waals surface area contributed by atoms with Gasteiger partial charge in [0.2, 0.25) is 0 Å². The summed E-state index contributed by atoms with van der Waals surface area (Å²) in [5.41, 5.74) is 0. The second-order valence-electron chi connectivity index (χ2n) is 6.51.